The number of aryl methyl sites for hydroxylation is 2. The summed E-state index contributed by atoms with van der Waals surface area (Å²) < 4.78 is 38.9. The van der Waals surface area contributed by atoms with Gasteiger partial charge in [0.25, 0.3) is 0 Å². The SMILES string of the molecule is Cc1noc(C)c1[S+](=O)([O-])N1CCC(C(=O)N2CCC3(CC2)CC(=O)Nc2ccccc2O3)CC1. The second kappa shape index (κ2) is 9.03. The summed E-state index contributed by atoms with van der Waals surface area (Å²) in [5.74, 6) is 0.679. The van der Waals surface area contributed by atoms with Gasteiger partial charge >= 0.3 is 0 Å². The lowest BCUT2D eigenvalue weighted by Crippen LogP contribution is -2.53. The fourth-order valence-corrected chi connectivity index (χ4v) is 7.16. The van der Waals surface area contributed by atoms with Gasteiger partial charge in [-0.1, -0.05) is 21.5 Å². The molecule has 0 radical (unpaired) electrons. The van der Waals surface area contributed by atoms with Crippen LogP contribution in [0.3, 0.4) is 0 Å². The highest BCUT2D eigenvalue weighted by atomic mass is 32.3. The van der Waals surface area contributed by atoms with Crippen molar-refractivity contribution in [2.24, 2.45) is 5.92 Å². The van der Waals surface area contributed by atoms with E-state index in [0.29, 0.717) is 55.9 Å². The Hall–Kier alpha value is -2.76. The summed E-state index contributed by atoms with van der Waals surface area (Å²) in [5, 5.41) is 6.67. The number of likely N-dealkylation sites (tertiary alicyclic amines) is 1. The summed E-state index contributed by atoms with van der Waals surface area (Å²) in [6.45, 7) is 4.77. The molecule has 11 heteroatoms. The molecule has 0 saturated carbocycles. The highest BCUT2D eigenvalue weighted by Crippen LogP contribution is 2.39. The Bertz CT molecular complexity index is 1160. The Kier molecular flexibility index (Phi) is 6.18. The number of fused-ring (bicyclic) bond motifs is 1. The standard InChI is InChI=1S/C24H30N4O6S/c1-16-22(17(2)34-26-16)35(31,32)28-11-7-18(8-12-28)23(30)27-13-9-24(10-14-27)15-21(29)25-19-5-3-4-6-20(19)33-24/h3-6,18H,7-15H2,1-2H3,(H-,25,29,31,32). The van der Waals surface area contributed by atoms with Gasteiger partial charge in [0.2, 0.25) is 16.7 Å². The van der Waals surface area contributed by atoms with E-state index >= 15 is 0 Å². The summed E-state index contributed by atoms with van der Waals surface area (Å²) in [4.78, 5) is 27.7. The first-order valence-corrected chi connectivity index (χ1v) is 13.4. The summed E-state index contributed by atoms with van der Waals surface area (Å²) in [5.41, 5.74) is 0.394. The van der Waals surface area contributed by atoms with Gasteiger partial charge in [-0.15, -0.1) is 4.31 Å². The van der Waals surface area contributed by atoms with Crippen LogP contribution in [-0.2, 0) is 24.2 Å². The smallest absolute Gasteiger partial charge is 0.240 e. The van der Waals surface area contributed by atoms with Crippen LogP contribution in [0.4, 0.5) is 5.69 Å². The van der Waals surface area contributed by atoms with Gasteiger partial charge in [-0.3, -0.25) is 9.59 Å². The van der Waals surface area contributed by atoms with Gasteiger partial charge in [0.05, 0.1) is 12.1 Å². The zero-order chi connectivity index (χ0) is 24.8. The minimum Gasteiger partial charge on any atom is -0.593 e. The molecule has 188 valence electrons. The van der Waals surface area contributed by atoms with E-state index in [2.05, 4.69) is 10.5 Å². The molecular weight excluding hydrogens is 472 g/mol. The zero-order valence-electron chi connectivity index (χ0n) is 20.0. The maximum Gasteiger partial charge on any atom is 0.240 e. The molecule has 2 aromatic rings. The number of rotatable bonds is 3. The number of anilines is 1. The molecule has 1 unspecified atom stereocenters. The molecule has 1 N–H and O–H groups in total. The van der Waals surface area contributed by atoms with Crippen LogP contribution in [-0.4, -0.2) is 62.5 Å². The largest absolute Gasteiger partial charge is 0.593 e. The third kappa shape index (κ3) is 4.48. The van der Waals surface area contributed by atoms with Gasteiger partial charge in [0.15, 0.2) is 16.2 Å². The predicted octanol–water partition coefficient (Wildman–Crippen LogP) is 2.69. The predicted molar refractivity (Wildman–Crippen MR) is 126 cm³/mol. The van der Waals surface area contributed by atoms with Crippen molar-refractivity contribution in [3.8, 4) is 5.75 Å². The van der Waals surface area contributed by atoms with E-state index in [1.807, 2.05) is 29.2 Å². The number of benzene rings is 1. The first-order chi connectivity index (χ1) is 16.7. The number of ether oxygens (including phenoxy) is 1. The summed E-state index contributed by atoms with van der Waals surface area (Å²) in [7, 11) is -3.71. The van der Waals surface area contributed by atoms with Gasteiger partial charge < -0.3 is 24.0 Å². The number of amides is 2. The summed E-state index contributed by atoms with van der Waals surface area (Å²) >= 11 is 0. The second-order valence-corrected chi connectivity index (χ2v) is 11.5. The third-order valence-corrected chi connectivity index (χ3v) is 9.47. The molecule has 1 spiro atoms. The number of carbonyl (C=O) groups is 2. The second-order valence-electron chi connectivity index (χ2n) is 9.66. The van der Waals surface area contributed by atoms with E-state index < -0.39 is 16.0 Å². The molecule has 35 heavy (non-hydrogen) atoms. The minimum absolute atomic E-state index is 0.0488. The molecular formula is C24H30N4O6S. The molecule has 2 amide bonds. The molecule has 3 aliphatic heterocycles. The van der Waals surface area contributed by atoms with E-state index in [1.165, 1.54) is 4.31 Å². The lowest BCUT2D eigenvalue weighted by molar-refractivity contribution is -0.140. The molecule has 1 aromatic carbocycles. The van der Waals surface area contributed by atoms with Crippen LogP contribution in [0.5, 0.6) is 5.75 Å². The van der Waals surface area contributed by atoms with Crippen molar-refractivity contribution in [2.75, 3.05) is 31.5 Å². The van der Waals surface area contributed by atoms with E-state index in [0.717, 1.165) is 0 Å². The van der Waals surface area contributed by atoms with Gasteiger partial charge in [0.1, 0.15) is 17.0 Å². The topological polar surface area (TPSA) is 128 Å². The van der Waals surface area contributed by atoms with Crippen molar-refractivity contribution in [3.63, 3.8) is 0 Å². The van der Waals surface area contributed by atoms with Crippen LogP contribution in [0.2, 0.25) is 0 Å². The van der Waals surface area contributed by atoms with Crippen molar-refractivity contribution in [3.05, 3.63) is 35.7 Å². The number of hydrogen-bond donors (Lipinski definition) is 1. The van der Waals surface area contributed by atoms with Crippen molar-refractivity contribution in [2.45, 2.75) is 56.4 Å². The molecule has 3 aliphatic rings. The molecule has 5 rings (SSSR count). The fraction of sp³-hybridized carbons (Fsp3) is 0.542. The summed E-state index contributed by atoms with van der Waals surface area (Å²) in [6.07, 6.45) is 2.33. The van der Waals surface area contributed by atoms with Crippen molar-refractivity contribution in [1.29, 1.82) is 0 Å². The van der Waals surface area contributed by atoms with Gasteiger partial charge in [0, 0.05) is 51.9 Å². The van der Waals surface area contributed by atoms with E-state index in [9.17, 15) is 18.4 Å². The Morgan fingerprint density at radius 3 is 2.51 bits per heavy atom. The van der Waals surface area contributed by atoms with Gasteiger partial charge in [-0.05, 0) is 31.9 Å². The van der Waals surface area contributed by atoms with Crippen molar-refractivity contribution < 1.29 is 27.6 Å². The normalized spacial score (nSPS) is 22.6. The fourth-order valence-electron chi connectivity index (χ4n) is 5.40. The van der Waals surface area contributed by atoms with Crippen molar-refractivity contribution in [1.82, 2.24) is 14.4 Å². The molecule has 1 aromatic heterocycles. The first kappa shape index (κ1) is 24.0. The van der Waals surface area contributed by atoms with Crippen LogP contribution < -0.4 is 10.1 Å². The van der Waals surface area contributed by atoms with Crippen LogP contribution in [0, 0.1) is 19.8 Å². The van der Waals surface area contributed by atoms with Gasteiger partial charge in [-0.25, -0.2) is 0 Å². The van der Waals surface area contributed by atoms with Crippen LogP contribution in [0.25, 0.3) is 0 Å². The molecule has 2 fully saturated rings. The average Bonchev–Trinajstić information content (AvgIpc) is 3.11. The first-order valence-electron chi connectivity index (χ1n) is 12.0. The lowest BCUT2D eigenvalue weighted by Gasteiger charge is -2.42. The number of nitrogens with zero attached hydrogens (tertiary/aromatic N) is 3. The monoisotopic (exact) mass is 502 g/mol. The van der Waals surface area contributed by atoms with E-state index in [4.69, 9.17) is 9.26 Å². The number of sulfonamides is 1. The molecule has 0 bridgehead atoms. The van der Waals surface area contributed by atoms with Crippen molar-refractivity contribution >= 4 is 27.9 Å². The number of carbonyl (C=O) groups excluding carboxylic acids is 2. The molecule has 2 saturated heterocycles. The molecule has 0 aliphatic carbocycles. The average molecular weight is 503 g/mol. The number of hydrogen-bond acceptors (Lipinski definition) is 7. The molecule has 10 nitrogen and oxygen atoms in total. The lowest BCUT2D eigenvalue weighted by atomic mass is 9.86. The zero-order valence-corrected chi connectivity index (χ0v) is 20.8. The number of aromatic nitrogens is 1. The Balaban J connectivity index is 1.19. The van der Waals surface area contributed by atoms with Gasteiger partial charge in [-0.2, -0.15) is 0 Å². The maximum absolute atomic E-state index is 13.3. The molecule has 1 atom stereocenters. The molecule has 4 heterocycles. The third-order valence-electron chi connectivity index (χ3n) is 7.33. The summed E-state index contributed by atoms with van der Waals surface area (Å²) in [6, 6.07) is 7.40. The highest BCUT2D eigenvalue weighted by Gasteiger charge is 2.44. The Morgan fingerprint density at radius 1 is 1.17 bits per heavy atom. The maximum atomic E-state index is 13.3. The van der Waals surface area contributed by atoms with Crippen LogP contribution in [0.15, 0.2) is 33.7 Å². The van der Waals surface area contributed by atoms with E-state index in [-0.39, 0.29) is 47.9 Å². The van der Waals surface area contributed by atoms with E-state index in [1.54, 1.807) is 13.8 Å². The minimum atomic E-state index is -3.71. The van der Waals surface area contributed by atoms with Crippen LogP contribution >= 0.6 is 0 Å². The van der Waals surface area contributed by atoms with Crippen LogP contribution in [0.1, 0.15) is 43.6 Å². The number of para-hydroxylation sites is 2. The number of piperidine rings is 2. The Morgan fingerprint density at radius 2 is 1.86 bits per heavy atom. The number of nitrogens with one attached hydrogen (secondary N) is 1. The Labute approximate surface area is 205 Å². The quantitative estimate of drug-likeness (QED) is 0.639. The highest BCUT2D eigenvalue weighted by molar-refractivity contribution is 7.95.